The van der Waals surface area contributed by atoms with Crippen molar-refractivity contribution in [3.63, 3.8) is 0 Å². The quantitative estimate of drug-likeness (QED) is 0.455. The summed E-state index contributed by atoms with van der Waals surface area (Å²) in [5.74, 6) is -0.616. The molecule has 0 spiro atoms. The van der Waals surface area contributed by atoms with Gasteiger partial charge in [-0.05, 0) is 24.9 Å². The Morgan fingerprint density at radius 3 is 2.80 bits per heavy atom. The monoisotopic (exact) mass is 277 g/mol. The fourth-order valence-corrected chi connectivity index (χ4v) is 2.07. The fourth-order valence-electron chi connectivity index (χ4n) is 2.07. The van der Waals surface area contributed by atoms with E-state index in [1.165, 1.54) is 0 Å². The van der Waals surface area contributed by atoms with Crippen molar-refractivity contribution in [2.24, 2.45) is 5.11 Å². The summed E-state index contributed by atoms with van der Waals surface area (Å²) in [5, 5.41) is 3.60. The van der Waals surface area contributed by atoms with Crippen LogP contribution in [0.2, 0.25) is 0 Å². The standard InChI is InChI=1S/C14H19N3O3/c1-14(2)19-10-13(20-14)12(8-16-17-15)18-9-11-6-4-3-5-7-11/h3-7,12-13H,8-10H2,1-2H3/t12-,13?/m1/s1. The molecule has 1 aromatic carbocycles. The number of ether oxygens (including phenoxy) is 3. The molecule has 1 aliphatic rings. The molecule has 0 aliphatic carbocycles. The van der Waals surface area contributed by atoms with Gasteiger partial charge in [0.25, 0.3) is 0 Å². The Kier molecular flexibility index (Phi) is 4.98. The molecule has 1 aromatic rings. The van der Waals surface area contributed by atoms with E-state index >= 15 is 0 Å². The normalized spacial score (nSPS) is 22.2. The van der Waals surface area contributed by atoms with Crippen molar-refractivity contribution >= 4 is 0 Å². The van der Waals surface area contributed by atoms with Gasteiger partial charge in [-0.3, -0.25) is 0 Å². The van der Waals surface area contributed by atoms with Gasteiger partial charge in [0.1, 0.15) is 6.10 Å². The highest BCUT2D eigenvalue weighted by molar-refractivity contribution is 5.13. The second kappa shape index (κ2) is 6.72. The molecule has 0 N–H and O–H groups in total. The lowest BCUT2D eigenvalue weighted by atomic mass is 10.2. The van der Waals surface area contributed by atoms with E-state index in [9.17, 15) is 0 Å². The highest BCUT2D eigenvalue weighted by atomic mass is 16.7. The highest BCUT2D eigenvalue weighted by Gasteiger charge is 2.37. The summed E-state index contributed by atoms with van der Waals surface area (Å²) in [7, 11) is 0. The second-order valence-corrected chi connectivity index (χ2v) is 5.12. The van der Waals surface area contributed by atoms with Crippen LogP contribution < -0.4 is 0 Å². The van der Waals surface area contributed by atoms with Crippen molar-refractivity contribution in [3.05, 3.63) is 46.3 Å². The van der Waals surface area contributed by atoms with Crippen molar-refractivity contribution < 1.29 is 14.2 Å². The zero-order valence-electron chi connectivity index (χ0n) is 11.7. The molecule has 20 heavy (non-hydrogen) atoms. The molecule has 6 heteroatoms. The summed E-state index contributed by atoms with van der Waals surface area (Å²) >= 11 is 0. The first-order chi connectivity index (χ1) is 9.61. The smallest absolute Gasteiger partial charge is 0.163 e. The van der Waals surface area contributed by atoms with E-state index in [1.807, 2.05) is 44.2 Å². The van der Waals surface area contributed by atoms with Crippen molar-refractivity contribution in [2.45, 2.75) is 38.4 Å². The van der Waals surface area contributed by atoms with Gasteiger partial charge in [0.2, 0.25) is 0 Å². The zero-order chi connectivity index (χ0) is 14.4. The predicted octanol–water partition coefficient (Wildman–Crippen LogP) is 3.03. The molecule has 0 saturated carbocycles. The van der Waals surface area contributed by atoms with Gasteiger partial charge in [0, 0.05) is 4.91 Å². The van der Waals surface area contributed by atoms with Crippen LogP contribution in [0, 0.1) is 0 Å². The molecule has 1 heterocycles. The van der Waals surface area contributed by atoms with Gasteiger partial charge in [0.05, 0.1) is 25.9 Å². The van der Waals surface area contributed by atoms with Crippen LogP contribution in [0.15, 0.2) is 35.4 Å². The molecule has 2 atom stereocenters. The van der Waals surface area contributed by atoms with Crippen LogP contribution in [-0.4, -0.2) is 31.1 Å². The number of hydrogen-bond acceptors (Lipinski definition) is 4. The van der Waals surface area contributed by atoms with Crippen LogP contribution in [0.25, 0.3) is 10.4 Å². The summed E-state index contributed by atoms with van der Waals surface area (Å²) in [6.45, 7) is 4.83. The Labute approximate surface area is 118 Å². The molecular weight excluding hydrogens is 258 g/mol. The van der Waals surface area contributed by atoms with Gasteiger partial charge >= 0.3 is 0 Å². The van der Waals surface area contributed by atoms with E-state index in [4.69, 9.17) is 19.7 Å². The molecule has 2 rings (SSSR count). The lowest BCUT2D eigenvalue weighted by molar-refractivity contribution is -0.156. The molecule has 0 radical (unpaired) electrons. The Balaban J connectivity index is 1.95. The van der Waals surface area contributed by atoms with Crippen LogP contribution >= 0.6 is 0 Å². The molecule has 1 fully saturated rings. The Morgan fingerprint density at radius 2 is 2.20 bits per heavy atom. The average molecular weight is 277 g/mol. The average Bonchev–Trinajstić information content (AvgIpc) is 2.80. The fraction of sp³-hybridized carbons (Fsp3) is 0.571. The molecule has 6 nitrogen and oxygen atoms in total. The Bertz CT molecular complexity index is 472. The minimum absolute atomic E-state index is 0.223. The molecule has 1 unspecified atom stereocenters. The largest absolute Gasteiger partial charge is 0.371 e. The van der Waals surface area contributed by atoms with E-state index in [-0.39, 0.29) is 18.8 Å². The summed E-state index contributed by atoms with van der Waals surface area (Å²) in [4.78, 5) is 2.79. The lowest BCUT2D eigenvalue weighted by Crippen LogP contribution is -2.35. The van der Waals surface area contributed by atoms with Gasteiger partial charge in [0.15, 0.2) is 5.79 Å². The van der Waals surface area contributed by atoms with Gasteiger partial charge in [-0.1, -0.05) is 35.4 Å². The molecule has 1 aliphatic heterocycles. The number of rotatable bonds is 6. The zero-order valence-corrected chi connectivity index (χ0v) is 11.7. The molecular formula is C14H19N3O3. The molecule has 1 saturated heterocycles. The third kappa shape index (κ3) is 4.21. The number of benzene rings is 1. The van der Waals surface area contributed by atoms with Crippen LogP contribution in [0.3, 0.4) is 0 Å². The molecule has 0 amide bonds. The minimum atomic E-state index is -0.616. The summed E-state index contributed by atoms with van der Waals surface area (Å²) < 4.78 is 17.1. The summed E-state index contributed by atoms with van der Waals surface area (Å²) in [6, 6.07) is 9.84. The van der Waals surface area contributed by atoms with E-state index in [0.717, 1.165) is 5.56 Å². The summed E-state index contributed by atoms with van der Waals surface area (Å²) in [6.07, 6.45) is -0.535. The van der Waals surface area contributed by atoms with Gasteiger partial charge in [-0.25, -0.2) is 0 Å². The van der Waals surface area contributed by atoms with E-state index in [2.05, 4.69) is 10.0 Å². The predicted molar refractivity (Wildman–Crippen MR) is 73.9 cm³/mol. The minimum Gasteiger partial charge on any atom is -0.371 e. The Morgan fingerprint density at radius 1 is 1.45 bits per heavy atom. The van der Waals surface area contributed by atoms with Crippen molar-refractivity contribution in [2.75, 3.05) is 13.2 Å². The van der Waals surface area contributed by atoms with Crippen molar-refractivity contribution in [3.8, 4) is 0 Å². The van der Waals surface area contributed by atoms with Gasteiger partial charge < -0.3 is 14.2 Å². The lowest BCUT2D eigenvalue weighted by Gasteiger charge is -2.23. The Hall–Kier alpha value is -1.59. The van der Waals surface area contributed by atoms with E-state index in [0.29, 0.717) is 13.2 Å². The van der Waals surface area contributed by atoms with Crippen LogP contribution in [0.1, 0.15) is 19.4 Å². The van der Waals surface area contributed by atoms with Crippen molar-refractivity contribution in [1.29, 1.82) is 0 Å². The third-order valence-corrected chi connectivity index (χ3v) is 3.08. The second-order valence-electron chi connectivity index (χ2n) is 5.12. The van der Waals surface area contributed by atoms with Crippen LogP contribution in [0.4, 0.5) is 0 Å². The first kappa shape index (κ1) is 14.8. The van der Waals surface area contributed by atoms with Crippen LogP contribution in [0.5, 0.6) is 0 Å². The maximum atomic E-state index is 8.48. The maximum Gasteiger partial charge on any atom is 0.163 e. The number of nitrogens with zero attached hydrogens (tertiary/aromatic N) is 3. The highest BCUT2D eigenvalue weighted by Crippen LogP contribution is 2.26. The topological polar surface area (TPSA) is 76.5 Å². The first-order valence-corrected chi connectivity index (χ1v) is 6.59. The van der Waals surface area contributed by atoms with Gasteiger partial charge in [-0.2, -0.15) is 0 Å². The molecule has 0 bridgehead atoms. The van der Waals surface area contributed by atoms with E-state index in [1.54, 1.807) is 0 Å². The van der Waals surface area contributed by atoms with E-state index < -0.39 is 5.79 Å². The maximum absolute atomic E-state index is 8.48. The number of hydrogen-bond donors (Lipinski definition) is 0. The van der Waals surface area contributed by atoms with Crippen LogP contribution in [-0.2, 0) is 20.8 Å². The summed E-state index contributed by atoms with van der Waals surface area (Å²) in [5.41, 5.74) is 9.54. The SMILES string of the molecule is CC1(C)OCC([C@@H](CN=[N+]=[N-])OCc2ccccc2)O1. The number of azide groups is 1. The van der Waals surface area contributed by atoms with Gasteiger partial charge in [-0.15, -0.1) is 0 Å². The first-order valence-electron chi connectivity index (χ1n) is 6.59. The van der Waals surface area contributed by atoms with Crippen molar-refractivity contribution in [1.82, 2.24) is 0 Å². The molecule has 108 valence electrons. The third-order valence-electron chi connectivity index (χ3n) is 3.08. The molecule has 0 aromatic heterocycles.